The largest absolute Gasteiger partial charge is 0.480 e. The van der Waals surface area contributed by atoms with Crippen molar-refractivity contribution >= 4 is 16.9 Å². The number of rotatable bonds is 5. The fourth-order valence-corrected chi connectivity index (χ4v) is 2.24. The number of carboxylic acid groups (broad SMARTS) is 1. The SMILES string of the molecule is C/C=C/Cc1cccc2[nH]cc(C[C@H](N)C(=O)O)c12. The van der Waals surface area contributed by atoms with Crippen LogP contribution in [0.4, 0.5) is 0 Å². The van der Waals surface area contributed by atoms with Gasteiger partial charge in [0.25, 0.3) is 0 Å². The second-order valence-electron chi connectivity index (χ2n) is 4.58. The van der Waals surface area contributed by atoms with Crippen molar-refractivity contribution in [1.82, 2.24) is 4.98 Å². The topological polar surface area (TPSA) is 79.1 Å². The minimum Gasteiger partial charge on any atom is -0.480 e. The predicted octanol–water partition coefficient (Wildman–Crippen LogP) is 2.24. The lowest BCUT2D eigenvalue weighted by atomic mass is 9.99. The molecule has 0 unspecified atom stereocenters. The van der Waals surface area contributed by atoms with Crippen LogP contribution in [0.25, 0.3) is 10.9 Å². The van der Waals surface area contributed by atoms with Gasteiger partial charge in [0.15, 0.2) is 0 Å². The Balaban J connectivity index is 2.41. The summed E-state index contributed by atoms with van der Waals surface area (Å²) < 4.78 is 0. The number of carbonyl (C=O) groups is 1. The first-order valence-electron chi connectivity index (χ1n) is 6.31. The molecule has 1 atom stereocenters. The van der Waals surface area contributed by atoms with Crippen molar-refractivity contribution in [2.24, 2.45) is 5.73 Å². The van der Waals surface area contributed by atoms with Gasteiger partial charge in [0.05, 0.1) is 0 Å². The van der Waals surface area contributed by atoms with Crippen LogP contribution in [0.5, 0.6) is 0 Å². The smallest absolute Gasteiger partial charge is 0.320 e. The second kappa shape index (κ2) is 5.71. The molecule has 0 amide bonds. The van der Waals surface area contributed by atoms with E-state index in [1.165, 1.54) is 5.56 Å². The van der Waals surface area contributed by atoms with Crippen molar-refractivity contribution in [3.63, 3.8) is 0 Å². The fourth-order valence-electron chi connectivity index (χ4n) is 2.24. The van der Waals surface area contributed by atoms with Gasteiger partial charge in [0.2, 0.25) is 0 Å². The Kier molecular flexibility index (Phi) is 4.02. The average molecular weight is 258 g/mol. The summed E-state index contributed by atoms with van der Waals surface area (Å²) in [6.07, 6.45) is 7.12. The highest BCUT2D eigenvalue weighted by atomic mass is 16.4. The van der Waals surface area contributed by atoms with Crippen LogP contribution in [0.3, 0.4) is 0 Å². The highest BCUT2D eigenvalue weighted by Gasteiger charge is 2.16. The van der Waals surface area contributed by atoms with Gasteiger partial charge >= 0.3 is 5.97 Å². The molecular formula is C15H18N2O2. The highest BCUT2D eigenvalue weighted by Crippen LogP contribution is 2.24. The molecule has 0 saturated heterocycles. The minimum absolute atomic E-state index is 0.336. The number of hydrogen-bond acceptors (Lipinski definition) is 2. The van der Waals surface area contributed by atoms with Gasteiger partial charge < -0.3 is 15.8 Å². The Hall–Kier alpha value is -2.07. The van der Waals surface area contributed by atoms with Crippen LogP contribution >= 0.6 is 0 Å². The Labute approximate surface area is 111 Å². The zero-order valence-corrected chi connectivity index (χ0v) is 10.9. The van der Waals surface area contributed by atoms with E-state index in [9.17, 15) is 4.79 Å². The summed E-state index contributed by atoms with van der Waals surface area (Å²) >= 11 is 0. The van der Waals surface area contributed by atoms with E-state index in [4.69, 9.17) is 10.8 Å². The standard InChI is InChI=1S/C15H18N2O2/c1-2-3-5-10-6-4-7-13-14(10)11(9-17-13)8-12(16)15(18)19/h2-4,6-7,9,12,17H,5,8,16H2,1H3,(H,18,19)/b3-2+/t12-/m0/s1. The van der Waals surface area contributed by atoms with Crippen molar-refractivity contribution in [3.05, 3.63) is 47.7 Å². The lowest BCUT2D eigenvalue weighted by Crippen LogP contribution is -2.32. The van der Waals surface area contributed by atoms with Crippen LogP contribution < -0.4 is 5.73 Å². The summed E-state index contributed by atoms with van der Waals surface area (Å²) in [6, 6.07) is 5.18. The van der Waals surface area contributed by atoms with E-state index in [2.05, 4.69) is 17.1 Å². The molecule has 1 heterocycles. The Bertz CT molecular complexity index is 614. The number of H-pyrrole nitrogens is 1. The van der Waals surface area contributed by atoms with Gasteiger partial charge in [0, 0.05) is 23.5 Å². The first-order valence-corrected chi connectivity index (χ1v) is 6.31. The third-order valence-electron chi connectivity index (χ3n) is 3.20. The number of aliphatic carboxylic acids is 1. The van der Waals surface area contributed by atoms with Crippen LogP contribution in [0.2, 0.25) is 0 Å². The third kappa shape index (κ3) is 2.85. The molecule has 2 rings (SSSR count). The number of fused-ring (bicyclic) bond motifs is 1. The molecular weight excluding hydrogens is 240 g/mol. The number of hydrogen-bond donors (Lipinski definition) is 3. The maximum atomic E-state index is 10.9. The lowest BCUT2D eigenvalue weighted by molar-refractivity contribution is -0.138. The van der Waals surface area contributed by atoms with Crippen molar-refractivity contribution < 1.29 is 9.90 Å². The van der Waals surface area contributed by atoms with Gasteiger partial charge in [-0.25, -0.2) is 0 Å². The molecule has 0 spiro atoms. The van der Waals surface area contributed by atoms with Crippen LogP contribution in [0.1, 0.15) is 18.1 Å². The van der Waals surface area contributed by atoms with Crippen LogP contribution in [0.15, 0.2) is 36.5 Å². The van der Waals surface area contributed by atoms with Crippen molar-refractivity contribution in [2.45, 2.75) is 25.8 Å². The van der Waals surface area contributed by atoms with Gasteiger partial charge in [-0.3, -0.25) is 4.79 Å². The van der Waals surface area contributed by atoms with Gasteiger partial charge in [-0.2, -0.15) is 0 Å². The maximum Gasteiger partial charge on any atom is 0.320 e. The molecule has 0 bridgehead atoms. The zero-order valence-electron chi connectivity index (χ0n) is 10.9. The Morgan fingerprint density at radius 3 is 2.95 bits per heavy atom. The van der Waals surface area contributed by atoms with Crippen molar-refractivity contribution in [3.8, 4) is 0 Å². The van der Waals surface area contributed by atoms with E-state index in [0.29, 0.717) is 6.42 Å². The van der Waals surface area contributed by atoms with Gasteiger partial charge in [-0.05, 0) is 30.5 Å². The molecule has 0 saturated carbocycles. The number of aromatic amines is 1. The molecule has 0 aliphatic rings. The minimum atomic E-state index is -0.972. The van der Waals surface area contributed by atoms with E-state index >= 15 is 0 Å². The molecule has 19 heavy (non-hydrogen) atoms. The number of aromatic nitrogens is 1. The van der Waals surface area contributed by atoms with E-state index in [1.807, 2.05) is 31.3 Å². The molecule has 100 valence electrons. The summed E-state index contributed by atoms with van der Waals surface area (Å²) in [6.45, 7) is 1.98. The number of carboxylic acids is 1. The normalized spacial score (nSPS) is 13.2. The summed E-state index contributed by atoms with van der Waals surface area (Å²) in [4.78, 5) is 14.0. The number of nitrogens with two attached hydrogens (primary N) is 1. The van der Waals surface area contributed by atoms with Crippen LogP contribution in [0, 0.1) is 0 Å². The number of nitrogens with one attached hydrogen (secondary N) is 1. The molecule has 4 heteroatoms. The number of benzene rings is 1. The first-order chi connectivity index (χ1) is 9.13. The molecule has 4 nitrogen and oxygen atoms in total. The van der Waals surface area contributed by atoms with Gasteiger partial charge in [-0.1, -0.05) is 24.3 Å². The summed E-state index contributed by atoms with van der Waals surface area (Å²) in [5, 5.41) is 10.0. The average Bonchev–Trinajstić information content (AvgIpc) is 2.80. The third-order valence-corrected chi connectivity index (χ3v) is 3.20. The molecule has 0 radical (unpaired) electrons. The Morgan fingerprint density at radius 1 is 1.47 bits per heavy atom. The molecule has 4 N–H and O–H groups in total. The predicted molar refractivity (Wildman–Crippen MR) is 76.1 cm³/mol. The maximum absolute atomic E-state index is 10.9. The second-order valence-corrected chi connectivity index (χ2v) is 4.58. The molecule has 0 aliphatic carbocycles. The molecule has 1 aromatic heterocycles. The zero-order chi connectivity index (χ0) is 13.8. The monoisotopic (exact) mass is 258 g/mol. The van der Waals surface area contributed by atoms with E-state index in [-0.39, 0.29) is 0 Å². The lowest BCUT2D eigenvalue weighted by Gasteiger charge is -2.07. The summed E-state index contributed by atoms with van der Waals surface area (Å²) in [5.74, 6) is -0.972. The van der Waals surface area contributed by atoms with Crippen molar-refractivity contribution in [2.75, 3.05) is 0 Å². The molecule has 0 fully saturated rings. The summed E-state index contributed by atoms with van der Waals surface area (Å²) in [7, 11) is 0. The van der Waals surface area contributed by atoms with E-state index < -0.39 is 12.0 Å². The van der Waals surface area contributed by atoms with Gasteiger partial charge in [0.1, 0.15) is 6.04 Å². The van der Waals surface area contributed by atoms with Crippen LogP contribution in [-0.2, 0) is 17.6 Å². The molecule has 0 aliphatic heterocycles. The fraction of sp³-hybridized carbons (Fsp3) is 0.267. The van der Waals surface area contributed by atoms with E-state index in [1.54, 1.807) is 0 Å². The van der Waals surface area contributed by atoms with Crippen molar-refractivity contribution in [1.29, 1.82) is 0 Å². The van der Waals surface area contributed by atoms with E-state index in [0.717, 1.165) is 22.9 Å². The summed E-state index contributed by atoms with van der Waals surface area (Å²) in [5.41, 5.74) is 8.79. The van der Waals surface area contributed by atoms with Crippen LogP contribution in [-0.4, -0.2) is 22.1 Å². The Morgan fingerprint density at radius 2 is 2.26 bits per heavy atom. The van der Waals surface area contributed by atoms with Gasteiger partial charge in [-0.15, -0.1) is 0 Å². The quantitative estimate of drug-likeness (QED) is 0.720. The number of allylic oxidation sites excluding steroid dienone is 2. The molecule has 2 aromatic rings. The highest BCUT2D eigenvalue weighted by molar-refractivity contribution is 5.87. The molecule has 1 aromatic carbocycles. The first kappa shape index (κ1) is 13.4.